The van der Waals surface area contributed by atoms with Gasteiger partial charge < -0.3 is 18.6 Å². The Morgan fingerprint density at radius 2 is 1.37 bits per heavy atom. The number of cyclic esters (lactones) is 1. The van der Waals surface area contributed by atoms with E-state index in [1.807, 2.05) is 58.7 Å². The standard InChI is InChI=1S/C33H47NO6Si/c1-31(2,3)38-24-20-34-27(29(24)39-32(4,5)6)26-28(40-34)25(37-30(26)35)21-36-41(33(7,8)9,22-16-12-10-13-17-22)23-18-14-11-15-19-23/h10-19,24-29H,20-21H2,1-9H3/t24-,25+,26+,27-,28+,29+/m0/s1. The zero-order valence-electron chi connectivity index (χ0n) is 26.0. The van der Waals surface area contributed by atoms with E-state index in [-0.39, 0.29) is 41.5 Å². The molecule has 3 fully saturated rings. The zero-order chi connectivity index (χ0) is 29.8. The van der Waals surface area contributed by atoms with Gasteiger partial charge in [-0.3, -0.25) is 9.63 Å². The number of fused-ring (bicyclic) bond motifs is 3. The minimum absolute atomic E-state index is 0.183. The molecule has 0 amide bonds. The molecular weight excluding hydrogens is 534 g/mol. The number of carbonyl (C=O) groups excluding carboxylic acids is 1. The van der Waals surface area contributed by atoms with E-state index in [1.165, 1.54) is 10.4 Å². The molecule has 224 valence electrons. The molecule has 8 heteroatoms. The highest BCUT2D eigenvalue weighted by atomic mass is 28.4. The van der Waals surface area contributed by atoms with Crippen LogP contribution < -0.4 is 10.4 Å². The van der Waals surface area contributed by atoms with E-state index in [0.717, 1.165) is 0 Å². The lowest BCUT2D eigenvalue weighted by molar-refractivity contribution is -0.188. The van der Waals surface area contributed by atoms with E-state index in [1.54, 1.807) is 0 Å². The van der Waals surface area contributed by atoms with E-state index in [2.05, 4.69) is 69.3 Å². The Labute approximate surface area is 246 Å². The van der Waals surface area contributed by atoms with Gasteiger partial charge in [0, 0.05) is 0 Å². The van der Waals surface area contributed by atoms with E-state index in [0.29, 0.717) is 6.54 Å². The third-order valence-electron chi connectivity index (χ3n) is 8.16. The number of benzene rings is 2. The van der Waals surface area contributed by atoms with Gasteiger partial charge in [-0.25, -0.2) is 0 Å². The summed E-state index contributed by atoms with van der Waals surface area (Å²) in [4.78, 5) is 20.0. The molecule has 6 atom stereocenters. The summed E-state index contributed by atoms with van der Waals surface area (Å²) < 4.78 is 26.1. The second kappa shape index (κ2) is 10.9. The van der Waals surface area contributed by atoms with Gasteiger partial charge in [0.15, 0.2) is 6.10 Å². The maximum absolute atomic E-state index is 13.5. The molecule has 0 radical (unpaired) electrons. The molecule has 3 aliphatic heterocycles. The summed E-state index contributed by atoms with van der Waals surface area (Å²) in [5.41, 5.74) is -0.766. The second-order valence-corrected chi connectivity index (χ2v) is 18.9. The SMILES string of the molecule is CC(C)(C)O[C@H]1[C@@H]2[C@H]3C(=O)O[C@H](CO[Si](c4ccccc4)(c4ccccc4)C(C)(C)C)[C@H]3ON2C[C@@H]1OC(C)(C)C. The molecule has 0 unspecified atom stereocenters. The highest BCUT2D eigenvalue weighted by Crippen LogP contribution is 2.46. The zero-order valence-corrected chi connectivity index (χ0v) is 27.0. The van der Waals surface area contributed by atoms with E-state index < -0.39 is 32.0 Å². The van der Waals surface area contributed by atoms with Crippen LogP contribution in [0.3, 0.4) is 0 Å². The predicted molar refractivity (Wildman–Crippen MR) is 162 cm³/mol. The lowest BCUT2D eigenvalue weighted by atomic mass is 9.90. The smallest absolute Gasteiger partial charge is 0.314 e. The molecule has 0 spiro atoms. The van der Waals surface area contributed by atoms with Crippen LogP contribution in [-0.2, 0) is 28.3 Å². The number of nitrogens with zero attached hydrogens (tertiary/aromatic N) is 1. The van der Waals surface area contributed by atoms with Crippen molar-refractivity contribution in [3.05, 3.63) is 60.7 Å². The minimum atomic E-state index is -2.80. The van der Waals surface area contributed by atoms with Gasteiger partial charge in [-0.1, -0.05) is 81.4 Å². The number of hydroxylamine groups is 2. The summed E-state index contributed by atoms with van der Waals surface area (Å²) >= 11 is 0. The quantitative estimate of drug-likeness (QED) is 0.353. The lowest BCUT2D eigenvalue weighted by Gasteiger charge is -2.43. The van der Waals surface area contributed by atoms with Gasteiger partial charge >= 0.3 is 5.97 Å². The Morgan fingerprint density at radius 3 is 1.85 bits per heavy atom. The van der Waals surface area contributed by atoms with Crippen LogP contribution in [0.15, 0.2) is 60.7 Å². The summed E-state index contributed by atoms with van der Waals surface area (Å²) in [5, 5.41) is 4.11. The monoisotopic (exact) mass is 581 g/mol. The Bertz CT molecular complexity index is 1160. The fraction of sp³-hybridized carbons (Fsp3) is 0.606. The van der Waals surface area contributed by atoms with Gasteiger partial charge in [0.2, 0.25) is 0 Å². The molecule has 41 heavy (non-hydrogen) atoms. The van der Waals surface area contributed by atoms with Crippen molar-refractivity contribution in [2.75, 3.05) is 13.2 Å². The molecule has 2 aromatic rings. The first-order valence-corrected chi connectivity index (χ1v) is 16.8. The first-order chi connectivity index (χ1) is 19.1. The van der Waals surface area contributed by atoms with Crippen molar-refractivity contribution in [3.8, 4) is 0 Å². The average Bonchev–Trinajstić information content (AvgIpc) is 3.48. The highest BCUT2D eigenvalue weighted by Gasteiger charge is 2.65. The molecule has 0 N–H and O–H groups in total. The van der Waals surface area contributed by atoms with Gasteiger partial charge in [0.05, 0.1) is 30.4 Å². The van der Waals surface area contributed by atoms with Crippen molar-refractivity contribution in [2.24, 2.45) is 5.92 Å². The first kappa shape index (κ1) is 30.4. The van der Waals surface area contributed by atoms with Crippen LogP contribution in [0.5, 0.6) is 0 Å². The lowest BCUT2D eigenvalue weighted by Crippen LogP contribution is -2.67. The largest absolute Gasteiger partial charge is 0.457 e. The summed E-state index contributed by atoms with van der Waals surface area (Å²) in [7, 11) is -2.80. The van der Waals surface area contributed by atoms with Gasteiger partial charge in [-0.15, -0.1) is 0 Å². The number of hydrogen-bond donors (Lipinski definition) is 0. The van der Waals surface area contributed by atoms with Gasteiger partial charge in [-0.05, 0) is 57.0 Å². The van der Waals surface area contributed by atoms with Crippen molar-refractivity contribution in [2.45, 2.75) is 109 Å². The average molecular weight is 582 g/mol. The second-order valence-electron chi connectivity index (χ2n) is 14.6. The van der Waals surface area contributed by atoms with Crippen molar-refractivity contribution in [1.29, 1.82) is 0 Å². The maximum Gasteiger partial charge on any atom is 0.314 e. The van der Waals surface area contributed by atoms with Gasteiger partial charge in [0.25, 0.3) is 8.32 Å². The summed E-state index contributed by atoms with van der Waals surface area (Å²) in [6, 6.07) is 20.7. The molecule has 7 nitrogen and oxygen atoms in total. The third kappa shape index (κ3) is 5.92. The highest BCUT2D eigenvalue weighted by molar-refractivity contribution is 6.99. The van der Waals surface area contributed by atoms with Crippen molar-refractivity contribution in [1.82, 2.24) is 5.06 Å². The van der Waals surface area contributed by atoms with E-state index in [9.17, 15) is 4.79 Å². The van der Waals surface area contributed by atoms with Crippen LogP contribution in [0.2, 0.25) is 5.04 Å². The van der Waals surface area contributed by atoms with Crippen LogP contribution in [0, 0.1) is 5.92 Å². The molecule has 0 saturated carbocycles. The van der Waals surface area contributed by atoms with Crippen molar-refractivity contribution in [3.63, 3.8) is 0 Å². The number of hydrogen-bond acceptors (Lipinski definition) is 7. The van der Waals surface area contributed by atoms with Crippen LogP contribution >= 0.6 is 0 Å². The van der Waals surface area contributed by atoms with Crippen molar-refractivity contribution >= 4 is 24.7 Å². The molecule has 0 bridgehead atoms. The third-order valence-corrected chi connectivity index (χ3v) is 13.2. The molecule has 0 aliphatic carbocycles. The van der Waals surface area contributed by atoms with Gasteiger partial charge in [-0.2, -0.15) is 5.06 Å². The number of esters is 1. The molecule has 3 aliphatic rings. The minimum Gasteiger partial charge on any atom is -0.457 e. The van der Waals surface area contributed by atoms with Crippen molar-refractivity contribution < 1.29 is 28.3 Å². The van der Waals surface area contributed by atoms with Crippen LogP contribution in [0.1, 0.15) is 62.3 Å². The first-order valence-electron chi connectivity index (χ1n) is 14.9. The number of carbonyl (C=O) groups is 1. The molecule has 0 aromatic heterocycles. The summed E-state index contributed by atoms with van der Waals surface area (Å²) in [6.07, 6.45) is -1.50. The predicted octanol–water partition coefficient (Wildman–Crippen LogP) is 4.47. The van der Waals surface area contributed by atoms with Crippen LogP contribution in [0.4, 0.5) is 0 Å². The molecule has 2 aromatic carbocycles. The summed E-state index contributed by atoms with van der Waals surface area (Å²) in [6.45, 7) is 19.7. The Kier molecular flexibility index (Phi) is 8.07. The molecule has 3 saturated heterocycles. The normalized spacial score (nSPS) is 29.0. The number of ether oxygens (including phenoxy) is 3. The fourth-order valence-electron chi connectivity index (χ4n) is 6.78. The fourth-order valence-corrected chi connectivity index (χ4v) is 11.3. The Morgan fingerprint density at radius 1 is 0.829 bits per heavy atom. The molecular formula is C33H47NO6Si. The maximum atomic E-state index is 13.5. The Hall–Kier alpha value is -2.07. The molecule has 5 rings (SSSR count). The summed E-state index contributed by atoms with van der Waals surface area (Å²) in [5.74, 6) is -0.721. The topological polar surface area (TPSA) is 66.5 Å². The van der Waals surface area contributed by atoms with E-state index in [4.69, 9.17) is 23.5 Å². The van der Waals surface area contributed by atoms with Gasteiger partial charge in [0.1, 0.15) is 24.2 Å². The number of rotatable bonds is 7. The molecule has 3 heterocycles. The Balaban J connectivity index is 1.43. The van der Waals surface area contributed by atoms with Crippen LogP contribution in [0.25, 0.3) is 0 Å². The van der Waals surface area contributed by atoms with E-state index >= 15 is 0 Å². The van der Waals surface area contributed by atoms with Crippen LogP contribution in [-0.4, -0.2) is 74.2 Å².